The standard InChI is InChI=1S/C25H27ClN2O3S/c1-18(2)21-7-11-23(12-8-21)27-25(29)17-28(16-20-6-4-5-19(3)15-20)32(30,31)24-13-9-22(26)10-14-24/h4-15,18H,16-17H2,1-3H3,(H,27,29). The number of nitrogens with one attached hydrogen (secondary N) is 1. The van der Waals surface area contributed by atoms with Crippen LogP contribution in [0.4, 0.5) is 5.69 Å². The normalized spacial score (nSPS) is 11.7. The Morgan fingerprint density at radius 3 is 2.25 bits per heavy atom. The maximum atomic E-state index is 13.3. The Bertz CT molecular complexity index is 1170. The third-order valence-corrected chi connectivity index (χ3v) is 7.13. The van der Waals surface area contributed by atoms with E-state index in [2.05, 4.69) is 19.2 Å². The predicted octanol–water partition coefficient (Wildman–Crippen LogP) is 5.60. The molecule has 0 aliphatic carbocycles. The zero-order valence-corrected chi connectivity index (χ0v) is 20.0. The summed E-state index contributed by atoms with van der Waals surface area (Å²) in [5, 5.41) is 3.24. The molecular formula is C25H27ClN2O3S. The molecule has 0 aliphatic heterocycles. The maximum Gasteiger partial charge on any atom is 0.243 e. The van der Waals surface area contributed by atoms with Gasteiger partial charge in [0.05, 0.1) is 11.4 Å². The van der Waals surface area contributed by atoms with Crippen LogP contribution >= 0.6 is 11.6 Å². The van der Waals surface area contributed by atoms with Crippen molar-refractivity contribution in [3.05, 3.63) is 94.5 Å². The molecule has 0 fully saturated rings. The van der Waals surface area contributed by atoms with Gasteiger partial charge < -0.3 is 5.32 Å². The van der Waals surface area contributed by atoms with Gasteiger partial charge in [0.25, 0.3) is 0 Å². The molecule has 0 spiro atoms. The number of carbonyl (C=O) groups is 1. The second-order valence-electron chi connectivity index (χ2n) is 8.04. The van der Waals surface area contributed by atoms with Gasteiger partial charge in [-0.15, -0.1) is 0 Å². The van der Waals surface area contributed by atoms with Gasteiger partial charge in [0.2, 0.25) is 15.9 Å². The van der Waals surface area contributed by atoms with E-state index in [1.807, 2.05) is 55.5 Å². The molecule has 3 aromatic carbocycles. The van der Waals surface area contributed by atoms with Gasteiger partial charge >= 0.3 is 0 Å². The quantitative estimate of drug-likeness (QED) is 0.465. The van der Waals surface area contributed by atoms with Gasteiger partial charge in [0.15, 0.2) is 0 Å². The lowest BCUT2D eigenvalue weighted by molar-refractivity contribution is -0.116. The molecule has 0 bridgehead atoms. The van der Waals surface area contributed by atoms with E-state index in [-0.39, 0.29) is 18.0 Å². The molecule has 1 N–H and O–H groups in total. The van der Waals surface area contributed by atoms with Crippen molar-refractivity contribution in [1.29, 1.82) is 0 Å². The van der Waals surface area contributed by atoms with Crippen LogP contribution in [0.3, 0.4) is 0 Å². The molecule has 0 saturated carbocycles. The van der Waals surface area contributed by atoms with Gasteiger partial charge in [-0.25, -0.2) is 8.42 Å². The minimum Gasteiger partial charge on any atom is -0.325 e. The number of sulfonamides is 1. The van der Waals surface area contributed by atoms with E-state index >= 15 is 0 Å². The van der Waals surface area contributed by atoms with Crippen LogP contribution in [0.5, 0.6) is 0 Å². The average molecular weight is 471 g/mol. The molecule has 3 aromatic rings. The molecule has 0 radical (unpaired) electrons. The minimum absolute atomic E-state index is 0.0757. The molecule has 0 unspecified atom stereocenters. The highest BCUT2D eigenvalue weighted by atomic mass is 35.5. The Labute approximate surface area is 195 Å². The molecule has 32 heavy (non-hydrogen) atoms. The number of aryl methyl sites for hydroxylation is 1. The van der Waals surface area contributed by atoms with Crippen molar-refractivity contribution in [2.75, 3.05) is 11.9 Å². The second kappa shape index (κ2) is 10.3. The molecule has 1 amide bonds. The van der Waals surface area contributed by atoms with E-state index in [9.17, 15) is 13.2 Å². The number of rotatable bonds is 8. The van der Waals surface area contributed by atoms with Crippen molar-refractivity contribution in [2.45, 2.75) is 38.1 Å². The van der Waals surface area contributed by atoms with Gasteiger partial charge in [-0.05, 0) is 60.4 Å². The van der Waals surface area contributed by atoms with Crippen LogP contribution in [0, 0.1) is 6.92 Å². The Morgan fingerprint density at radius 2 is 1.66 bits per heavy atom. The summed E-state index contributed by atoms with van der Waals surface area (Å²) in [4.78, 5) is 12.9. The number of anilines is 1. The SMILES string of the molecule is Cc1cccc(CN(CC(=O)Nc2ccc(C(C)C)cc2)S(=O)(=O)c2ccc(Cl)cc2)c1. The van der Waals surface area contributed by atoms with Gasteiger partial charge in [-0.2, -0.15) is 4.31 Å². The van der Waals surface area contributed by atoms with Crippen LogP contribution in [0.25, 0.3) is 0 Å². The topological polar surface area (TPSA) is 66.5 Å². The van der Waals surface area contributed by atoms with Crippen molar-refractivity contribution in [3.8, 4) is 0 Å². The van der Waals surface area contributed by atoms with E-state index in [1.54, 1.807) is 0 Å². The van der Waals surface area contributed by atoms with Crippen molar-refractivity contribution in [2.24, 2.45) is 0 Å². The van der Waals surface area contributed by atoms with Crippen LogP contribution in [-0.4, -0.2) is 25.2 Å². The summed E-state index contributed by atoms with van der Waals surface area (Å²) in [6, 6.07) is 21.1. The molecule has 0 aromatic heterocycles. The number of hydrogen-bond donors (Lipinski definition) is 1. The zero-order valence-electron chi connectivity index (χ0n) is 18.4. The summed E-state index contributed by atoms with van der Waals surface area (Å²) in [6.45, 7) is 5.89. The first-order valence-corrected chi connectivity index (χ1v) is 12.2. The number of carbonyl (C=O) groups excluding carboxylic acids is 1. The highest BCUT2D eigenvalue weighted by Crippen LogP contribution is 2.22. The molecule has 3 rings (SSSR count). The molecule has 0 heterocycles. The number of benzene rings is 3. The Morgan fingerprint density at radius 1 is 1.00 bits per heavy atom. The average Bonchev–Trinajstić information content (AvgIpc) is 2.74. The van der Waals surface area contributed by atoms with Crippen molar-refractivity contribution < 1.29 is 13.2 Å². The summed E-state index contributed by atoms with van der Waals surface area (Å²) >= 11 is 5.92. The maximum absolute atomic E-state index is 13.3. The third kappa shape index (κ3) is 6.19. The Balaban J connectivity index is 1.84. The largest absolute Gasteiger partial charge is 0.325 e. The lowest BCUT2D eigenvalue weighted by Crippen LogP contribution is -2.37. The number of hydrogen-bond acceptors (Lipinski definition) is 3. The van der Waals surface area contributed by atoms with Crippen molar-refractivity contribution in [1.82, 2.24) is 4.31 Å². The summed E-state index contributed by atoms with van der Waals surface area (Å²) in [7, 11) is -3.92. The molecule has 7 heteroatoms. The van der Waals surface area contributed by atoms with Gasteiger partial charge in [0.1, 0.15) is 0 Å². The van der Waals surface area contributed by atoms with Crippen molar-refractivity contribution >= 4 is 33.2 Å². The summed E-state index contributed by atoms with van der Waals surface area (Å²) in [6.07, 6.45) is 0. The summed E-state index contributed by atoms with van der Waals surface area (Å²) < 4.78 is 27.9. The Hall–Kier alpha value is -2.67. The first-order chi connectivity index (χ1) is 15.1. The van der Waals surface area contributed by atoms with Gasteiger partial charge in [0, 0.05) is 17.3 Å². The van der Waals surface area contributed by atoms with Crippen LogP contribution in [0.1, 0.15) is 36.5 Å². The second-order valence-corrected chi connectivity index (χ2v) is 10.4. The van der Waals surface area contributed by atoms with Crippen molar-refractivity contribution in [3.63, 3.8) is 0 Å². The van der Waals surface area contributed by atoms with E-state index in [0.29, 0.717) is 16.6 Å². The smallest absolute Gasteiger partial charge is 0.243 e. The molecule has 5 nitrogen and oxygen atoms in total. The monoisotopic (exact) mass is 470 g/mol. The Kier molecular flexibility index (Phi) is 7.72. The lowest BCUT2D eigenvalue weighted by Gasteiger charge is -2.22. The first kappa shape index (κ1) is 24.0. The number of halogens is 1. The van der Waals surface area contributed by atoms with E-state index < -0.39 is 15.9 Å². The highest BCUT2D eigenvalue weighted by molar-refractivity contribution is 7.89. The third-order valence-electron chi connectivity index (χ3n) is 5.07. The molecule has 168 valence electrons. The van der Waals surface area contributed by atoms with Crippen LogP contribution in [0.15, 0.2) is 77.7 Å². The fourth-order valence-electron chi connectivity index (χ4n) is 3.31. The molecule has 0 atom stereocenters. The molecule has 0 aliphatic rings. The van der Waals surface area contributed by atoms with Gasteiger partial charge in [-0.1, -0.05) is 67.4 Å². The summed E-state index contributed by atoms with van der Waals surface area (Å²) in [5.41, 5.74) is 3.60. The fraction of sp³-hybridized carbons (Fsp3) is 0.240. The van der Waals surface area contributed by atoms with E-state index in [1.165, 1.54) is 28.6 Å². The molecule has 0 saturated heterocycles. The lowest BCUT2D eigenvalue weighted by atomic mass is 10.0. The first-order valence-electron chi connectivity index (χ1n) is 10.4. The van der Waals surface area contributed by atoms with Gasteiger partial charge in [-0.3, -0.25) is 4.79 Å². The van der Waals surface area contributed by atoms with E-state index in [0.717, 1.165) is 16.7 Å². The fourth-order valence-corrected chi connectivity index (χ4v) is 4.82. The number of amides is 1. The van der Waals surface area contributed by atoms with Crippen LogP contribution < -0.4 is 5.32 Å². The van der Waals surface area contributed by atoms with E-state index in [4.69, 9.17) is 11.6 Å². The zero-order chi connectivity index (χ0) is 23.3. The number of nitrogens with zero attached hydrogens (tertiary/aromatic N) is 1. The van der Waals surface area contributed by atoms with Crippen LogP contribution in [-0.2, 0) is 21.4 Å². The summed E-state index contributed by atoms with van der Waals surface area (Å²) in [5.74, 6) is -0.0263. The highest BCUT2D eigenvalue weighted by Gasteiger charge is 2.27. The molecular weight excluding hydrogens is 444 g/mol. The minimum atomic E-state index is -3.92. The van der Waals surface area contributed by atoms with Crippen LogP contribution in [0.2, 0.25) is 5.02 Å². The predicted molar refractivity (Wildman–Crippen MR) is 129 cm³/mol.